The number of hydrogen-bond acceptors (Lipinski definition) is 5. The van der Waals surface area contributed by atoms with E-state index < -0.39 is 5.91 Å². The van der Waals surface area contributed by atoms with Gasteiger partial charge in [0.2, 0.25) is 0 Å². The van der Waals surface area contributed by atoms with E-state index in [4.69, 9.17) is 17.0 Å². The number of amides is 1. The SMILES string of the molecule is COc1ccc(Cn2cc(/C=C3/C(=O)CC(=S)NC3=O)c3cccnc32)cc1. The molecule has 7 heteroatoms. The van der Waals surface area contributed by atoms with Crippen LogP contribution in [0.3, 0.4) is 0 Å². The number of nitrogens with one attached hydrogen (secondary N) is 1. The van der Waals surface area contributed by atoms with Crippen molar-refractivity contribution in [3.63, 3.8) is 0 Å². The van der Waals surface area contributed by atoms with Crippen LogP contribution in [0.1, 0.15) is 17.5 Å². The smallest absolute Gasteiger partial charge is 0.259 e. The Morgan fingerprint density at radius 3 is 2.75 bits per heavy atom. The fraction of sp³-hybridized carbons (Fsp3) is 0.143. The molecule has 4 rings (SSSR count). The largest absolute Gasteiger partial charge is 0.497 e. The van der Waals surface area contributed by atoms with Gasteiger partial charge in [0.15, 0.2) is 5.78 Å². The molecule has 140 valence electrons. The van der Waals surface area contributed by atoms with Crippen LogP contribution in [0, 0.1) is 0 Å². The second kappa shape index (κ2) is 7.36. The number of ether oxygens (including phenoxy) is 1. The highest BCUT2D eigenvalue weighted by Crippen LogP contribution is 2.24. The summed E-state index contributed by atoms with van der Waals surface area (Å²) in [5, 5.41) is 3.43. The topological polar surface area (TPSA) is 73.2 Å². The van der Waals surface area contributed by atoms with E-state index in [2.05, 4.69) is 10.3 Å². The zero-order chi connectivity index (χ0) is 19.7. The number of Topliss-reactive ketones (excluding diaryl/α,β-unsaturated/α-hetero) is 1. The van der Waals surface area contributed by atoms with Gasteiger partial charge in [-0.3, -0.25) is 9.59 Å². The second-order valence-electron chi connectivity index (χ2n) is 6.47. The van der Waals surface area contributed by atoms with E-state index in [0.717, 1.165) is 27.9 Å². The minimum absolute atomic E-state index is 0.0512. The summed E-state index contributed by atoms with van der Waals surface area (Å²) < 4.78 is 7.20. The number of benzene rings is 1. The Balaban J connectivity index is 1.74. The van der Waals surface area contributed by atoms with Gasteiger partial charge in [0.1, 0.15) is 11.4 Å². The van der Waals surface area contributed by atoms with E-state index in [-0.39, 0.29) is 22.8 Å². The van der Waals surface area contributed by atoms with E-state index in [0.29, 0.717) is 6.54 Å². The van der Waals surface area contributed by atoms with Crippen molar-refractivity contribution in [3.05, 3.63) is 65.5 Å². The molecule has 0 atom stereocenters. The number of methoxy groups -OCH3 is 1. The van der Waals surface area contributed by atoms with Crippen molar-refractivity contribution >= 4 is 46.0 Å². The molecule has 1 N–H and O–H groups in total. The molecule has 1 aliphatic heterocycles. The van der Waals surface area contributed by atoms with Gasteiger partial charge in [-0.1, -0.05) is 24.4 Å². The van der Waals surface area contributed by atoms with Crippen molar-refractivity contribution in [3.8, 4) is 5.75 Å². The molecule has 0 saturated carbocycles. The van der Waals surface area contributed by atoms with Crippen molar-refractivity contribution in [2.24, 2.45) is 0 Å². The number of carbonyl (C=O) groups excluding carboxylic acids is 2. The van der Waals surface area contributed by atoms with Crippen LogP contribution in [0.2, 0.25) is 0 Å². The van der Waals surface area contributed by atoms with Crippen molar-refractivity contribution in [2.45, 2.75) is 13.0 Å². The Hall–Kier alpha value is -3.32. The number of nitrogens with zero attached hydrogens (tertiary/aromatic N) is 2. The molecule has 1 amide bonds. The Bertz CT molecular complexity index is 1110. The van der Waals surface area contributed by atoms with Crippen LogP contribution in [-0.2, 0) is 16.1 Å². The fourth-order valence-corrected chi connectivity index (χ4v) is 3.44. The minimum Gasteiger partial charge on any atom is -0.497 e. The van der Waals surface area contributed by atoms with Gasteiger partial charge in [-0.2, -0.15) is 0 Å². The molecule has 2 aromatic heterocycles. The molecule has 1 aromatic carbocycles. The number of thiocarbonyl (C=S) groups is 1. The van der Waals surface area contributed by atoms with Crippen LogP contribution in [0.4, 0.5) is 0 Å². The molecule has 1 fully saturated rings. The Morgan fingerprint density at radius 1 is 1.25 bits per heavy atom. The summed E-state index contributed by atoms with van der Waals surface area (Å²) >= 11 is 4.95. The number of carbonyl (C=O) groups is 2. The van der Waals surface area contributed by atoms with Gasteiger partial charge in [-0.25, -0.2) is 4.98 Å². The van der Waals surface area contributed by atoms with Crippen LogP contribution in [0.25, 0.3) is 17.1 Å². The van der Waals surface area contributed by atoms with Gasteiger partial charge in [-0.05, 0) is 35.9 Å². The first-order valence-corrected chi connectivity index (χ1v) is 9.12. The van der Waals surface area contributed by atoms with Crippen LogP contribution in [-0.4, -0.2) is 33.3 Å². The van der Waals surface area contributed by atoms with E-state index in [1.807, 2.05) is 47.2 Å². The maximum Gasteiger partial charge on any atom is 0.259 e. The summed E-state index contributed by atoms with van der Waals surface area (Å²) in [6, 6.07) is 11.6. The van der Waals surface area contributed by atoms with Gasteiger partial charge >= 0.3 is 0 Å². The van der Waals surface area contributed by atoms with Gasteiger partial charge in [-0.15, -0.1) is 0 Å². The lowest BCUT2D eigenvalue weighted by Gasteiger charge is -2.14. The Labute approximate surface area is 166 Å². The van der Waals surface area contributed by atoms with E-state index in [1.165, 1.54) is 0 Å². The number of rotatable bonds is 4. The maximum atomic E-state index is 12.3. The third-order valence-electron chi connectivity index (χ3n) is 4.60. The molecule has 0 bridgehead atoms. The van der Waals surface area contributed by atoms with Gasteiger partial charge in [0.05, 0.1) is 24.1 Å². The van der Waals surface area contributed by atoms with Crippen molar-refractivity contribution in [1.82, 2.24) is 14.9 Å². The number of piperidine rings is 1. The molecule has 3 aromatic rings. The van der Waals surface area contributed by atoms with Crippen molar-refractivity contribution in [2.75, 3.05) is 7.11 Å². The molecule has 6 nitrogen and oxygen atoms in total. The van der Waals surface area contributed by atoms with Crippen molar-refractivity contribution in [1.29, 1.82) is 0 Å². The molecule has 1 aliphatic rings. The molecular formula is C21H17N3O3S. The number of ketones is 1. The number of aromatic nitrogens is 2. The summed E-state index contributed by atoms with van der Waals surface area (Å²) in [6.07, 6.45) is 5.30. The van der Waals surface area contributed by atoms with E-state index in [1.54, 1.807) is 19.4 Å². The van der Waals surface area contributed by atoms with Crippen molar-refractivity contribution < 1.29 is 14.3 Å². The number of fused-ring (bicyclic) bond motifs is 1. The first-order chi connectivity index (χ1) is 13.5. The lowest BCUT2D eigenvalue weighted by Crippen LogP contribution is -2.39. The third-order valence-corrected chi connectivity index (χ3v) is 4.84. The van der Waals surface area contributed by atoms with Crippen LogP contribution in [0.15, 0.2) is 54.4 Å². The molecule has 1 saturated heterocycles. The van der Waals surface area contributed by atoms with Crippen LogP contribution < -0.4 is 10.1 Å². The van der Waals surface area contributed by atoms with Gasteiger partial charge in [0, 0.05) is 29.9 Å². The standard InChI is InChI=1S/C21H17N3O3S/c1-27-15-6-4-13(5-7-15)11-24-12-14(16-3-2-8-22-20(16)24)9-17-18(25)10-19(28)23-21(17)26/h2-9,12H,10-11H2,1H3,(H,23,26,28)/b17-9-. The third kappa shape index (κ3) is 3.44. The van der Waals surface area contributed by atoms with Crippen LogP contribution in [0.5, 0.6) is 5.75 Å². The van der Waals surface area contributed by atoms with Gasteiger partial charge in [0.25, 0.3) is 5.91 Å². The zero-order valence-corrected chi connectivity index (χ0v) is 16.0. The fourth-order valence-electron chi connectivity index (χ4n) is 3.22. The summed E-state index contributed by atoms with van der Waals surface area (Å²) in [5.74, 6) is 0.0688. The monoisotopic (exact) mass is 391 g/mol. The highest BCUT2D eigenvalue weighted by atomic mass is 32.1. The molecule has 0 spiro atoms. The average molecular weight is 391 g/mol. The maximum absolute atomic E-state index is 12.3. The molecule has 28 heavy (non-hydrogen) atoms. The first kappa shape index (κ1) is 18.1. The summed E-state index contributed by atoms with van der Waals surface area (Å²) in [5.41, 5.74) is 2.74. The average Bonchev–Trinajstić information content (AvgIpc) is 3.03. The predicted octanol–water partition coefficient (Wildman–Crippen LogP) is 2.89. The number of pyridine rings is 1. The second-order valence-corrected chi connectivity index (χ2v) is 6.96. The lowest BCUT2D eigenvalue weighted by molar-refractivity contribution is -0.122. The quantitative estimate of drug-likeness (QED) is 0.421. The molecule has 0 radical (unpaired) electrons. The van der Waals surface area contributed by atoms with Crippen LogP contribution >= 0.6 is 12.2 Å². The highest BCUT2D eigenvalue weighted by Gasteiger charge is 2.26. The molecular weight excluding hydrogens is 374 g/mol. The Morgan fingerprint density at radius 2 is 2.04 bits per heavy atom. The summed E-state index contributed by atoms with van der Waals surface area (Å²) in [7, 11) is 1.63. The van der Waals surface area contributed by atoms with E-state index >= 15 is 0 Å². The minimum atomic E-state index is -0.457. The molecule has 0 aliphatic carbocycles. The Kier molecular flexibility index (Phi) is 4.75. The first-order valence-electron chi connectivity index (χ1n) is 8.71. The summed E-state index contributed by atoms with van der Waals surface area (Å²) in [6.45, 7) is 0.602. The normalized spacial score (nSPS) is 15.9. The molecule has 0 unspecified atom stereocenters. The molecule has 3 heterocycles. The number of hydrogen-bond donors (Lipinski definition) is 1. The van der Waals surface area contributed by atoms with Gasteiger partial charge < -0.3 is 14.6 Å². The summed E-state index contributed by atoms with van der Waals surface area (Å²) in [4.78, 5) is 29.2. The highest BCUT2D eigenvalue weighted by molar-refractivity contribution is 7.80. The van der Waals surface area contributed by atoms with E-state index in [9.17, 15) is 9.59 Å². The zero-order valence-electron chi connectivity index (χ0n) is 15.1. The lowest BCUT2D eigenvalue weighted by atomic mass is 10.0. The predicted molar refractivity (Wildman–Crippen MR) is 110 cm³/mol.